The molecule has 8 heteroatoms. The maximum Gasteiger partial charge on any atom is 0.343 e. The Morgan fingerprint density at radius 1 is 1.52 bits per heavy atom. The molecule has 0 saturated carbocycles. The van der Waals surface area contributed by atoms with E-state index in [0.29, 0.717) is 15.9 Å². The number of aromatic nitrogens is 4. The standard InChI is InChI=1S/C13H12N4O3S/c1-3-20-13(18)9-7-14-16-11-6-8(21-2)4-5-10(11)17(19)15-12(9)16/h4-7H,3H2,1-2H3. The molecule has 2 aromatic heterocycles. The van der Waals surface area contributed by atoms with Crippen LogP contribution in [0.15, 0.2) is 29.3 Å². The zero-order valence-corrected chi connectivity index (χ0v) is 12.3. The fraction of sp³-hybridized carbons (Fsp3) is 0.231. The van der Waals surface area contributed by atoms with Crippen LogP contribution in [0.25, 0.3) is 16.7 Å². The Bertz CT molecular complexity index is 846. The van der Waals surface area contributed by atoms with Gasteiger partial charge in [0.15, 0.2) is 0 Å². The molecule has 0 aliphatic rings. The number of ether oxygens (including phenoxy) is 1. The summed E-state index contributed by atoms with van der Waals surface area (Å²) in [5, 5.41) is 20.1. The predicted molar refractivity (Wildman–Crippen MR) is 77.2 cm³/mol. The van der Waals surface area contributed by atoms with Gasteiger partial charge in [-0.05, 0) is 30.2 Å². The molecule has 1 aromatic carbocycles. The Hall–Kier alpha value is -2.35. The number of thioether (sulfide) groups is 1. The highest BCUT2D eigenvalue weighted by atomic mass is 32.2. The van der Waals surface area contributed by atoms with E-state index in [0.717, 1.165) is 4.90 Å². The number of hydrogen-bond donors (Lipinski definition) is 0. The molecular weight excluding hydrogens is 292 g/mol. The number of hydrogen-bond acceptors (Lipinski definition) is 6. The Kier molecular flexibility index (Phi) is 3.38. The van der Waals surface area contributed by atoms with Crippen molar-refractivity contribution in [3.8, 4) is 0 Å². The van der Waals surface area contributed by atoms with Gasteiger partial charge >= 0.3 is 5.97 Å². The van der Waals surface area contributed by atoms with Gasteiger partial charge in [0.05, 0.1) is 12.8 Å². The summed E-state index contributed by atoms with van der Waals surface area (Å²) < 4.78 is 6.43. The van der Waals surface area contributed by atoms with Crippen LogP contribution >= 0.6 is 11.8 Å². The lowest BCUT2D eigenvalue weighted by Crippen LogP contribution is -2.33. The van der Waals surface area contributed by atoms with Gasteiger partial charge in [0.1, 0.15) is 11.1 Å². The van der Waals surface area contributed by atoms with Crippen molar-refractivity contribution in [3.05, 3.63) is 35.2 Å². The van der Waals surface area contributed by atoms with E-state index in [4.69, 9.17) is 4.74 Å². The highest BCUT2D eigenvalue weighted by molar-refractivity contribution is 7.98. The second kappa shape index (κ2) is 5.21. The summed E-state index contributed by atoms with van der Waals surface area (Å²) in [6, 6.07) is 5.36. The van der Waals surface area contributed by atoms with E-state index >= 15 is 0 Å². The van der Waals surface area contributed by atoms with Crippen molar-refractivity contribution in [2.75, 3.05) is 12.9 Å². The highest BCUT2D eigenvalue weighted by Crippen LogP contribution is 2.21. The van der Waals surface area contributed by atoms with Gasteiger partial charge in [-0.1, -0.05) is 0 Å². The minimum Gasteiger partial charge on any atom is -0.594 e. The fourth-order valence-corrected chi connectivity index (χ4v) is 2.50. The van der Waals surface area contributed by atoms with Crippen LogP contribution in [0.2, 0.25) is 0 Å². The molecule has 21 heavy (non-hydrogen) atoms. The van der Waals surface area contributed by atoms with Crippen LogP contribution in [-0.2, 0) is 4.74 Å². The summed E-state index contributed by atoms with van der Waals surface area (Å²) in [5.74, 6) is -0.541. The molecule has 0 N–H and O–H groups in total. The van der Waals surface area contributed by atoms with Crippen LogP contribution in [0.3, 0.4) is 0 Å². The first-order valence-electron chi connectivity index (χ1n) is 6.28. The summed E-state index contributed by atoms with van der Waals surface area (Å²) in [7, 11) is 0. The predicted octanol–water partition coefficient (Wildman–Crippen LogP) is 1.41. The van der Waals surface area contributed by atoms with E-state index in [2.05, 4.69) is 10.2 Å². The van der Waals surface area contributed by atoms with E-state index in [1.807, 2.05) is 18.4 Å². The van der Waals surface area contributed by atoms with Crippen LogP contribution < -0.4 is 4.85 Å². The Morgan fingerprint density at radius 3 is 3.05 bits per heavy atom. The first-order valence-corrected chi connectivity index (χ1v) is 7.50. The van der Waals surface area contributed by atoms with E-state index in [1.165, 1.54) is 10.7 Å². The van der Waals surface area contributed by atoms with Gasteiger partial charge in [0.25, 0.3) is 5.52 Å². The van der Waals surface area contributed by atoms with Gasteiger partial charge in [0, 0.05) is 16.1 Å². The van der Waals surface area contributed by atoms with Gasteiger partial charge in [-0.15, -0.1) is 11.8 Å². The van der Waals surface area contributed by atoms with Crippen molar-refractivity contribution < 1.29 is 14.4 Å². The molecule has 108 valence electrons. The zero-order chi connectivity index (χ0) is 15.0. The molecule has 2 heterocycles. The van der Waals surface area contributed by atoms with Crippen LogP contribution in [0.5, 0.6) is 0 Å². The second-order valence-corrected chi connectivity index (χ2v) is 5.12. The lowest BCUT2D eigenvalue weighted by Gasteiger charge is -2.04. The Labute approximate surface area is 124 Å². The fourth-order valence-electron chi connectivity index (χ4n) is 2.07. The van der Waals surface area contributed by atoms with Crippen molar-refractivity contribution in [3.63, 3.8) is 0 Å². The number of rotatable bonds is 3. The van der Waals surface area contributed by atoms with E-state index in [-0.39, 0.29) is 17.8 Å². The topological polar surface area (TPSA) is 83.4 Å². The van der Waals surface area contributed by atoms with Gasteiger partial charge in [-0.2, -0.15) is 5.10 Å². The number of carbonyl (C=O) groups excluding carboxylic acids is 1. The monoisotopic (exact) mass is 304 g/mol. The summed E-state index contributed by atoms with van der Waals surface area (Å²) in [5.41, 5.74) is 1.35. The molecule has 0 spiro atoms. The van der Waals surface area contributed by atoms with Crippen LogP contribution in [0, 0.1) is 5.21 Å². The molecule has 0 aliphatic carbocycles. The summed E-state index contributed by atoms with van der Waals surface area (Å²) >= 11 is 1.55. The first-order chi connectivity index (χ1) is 10.2. The number of esters is 1. The summed E-state index contributed by atoms with van der Waals surface area (Å²) in [4.78, 5) is 13.3. The first kappa shape index (κ1) is 13.6. The van der Waals surface area contributed by atoms with Crippen molar-refractivity contribution >= 4 is 34.4 Å². The molecule has 7 nitrogen and oxygen atoms in total. The third kappa shape index (κ3) is 2.17. The molecule has 0 atom stereocenters. The van der Waals surface area contributed by atoms with Gasteiger partial charge < -0.3 is 9.94 Å². The molecular formula is C13H12N4O3S. The van der Waals surface area contributed by atoms with Crippen LogP contribution in [0.1, 0.15) is 17.3 Å². The molecule has 0 radical (unpaired) electrons. The van der Waals surface area contributed by atoms with E-state index in [1.54, 1.807) is 24.8 Å². The molecule has 0 bridgehead atoms. The van der Waals surface area contributed by atoms with Crippen molar-refractivity contribution in [1.82, 2.24) is 14.7 Å². The number of carbonyl (C=O) groups is 1. The Balaban J connectivity index is 2.31. The van der Waals surface area contributed by atoms with Crippen LogP contribution in [-0.4, -0.2) is 33.5 Å². The van der Waals surface area contributed by atoms with Gasteiger partial charge in [-0.25, -0.2) is 9.31 Å². The lowest BCUT2D eigenvalue weighted by atomic mass is 10.3. The number of nitrogens with zero attached hydrogens (tertiary/aromatic N) is 4. The second-order valence-electron chi connectivity index (χ2n) is 4.24. The smallest absolute Gasteiger partial charge is 0.343 e. The van der Waals surface area contributed by atoms with Crippen molar-refractivity contribution in [2.24, 2.45) is 0 Å². The third-order valence-electron chi connectivity index (χ3n) is 3.04. The molecule has 0 unspecified atom stereocenters. The highest BCUT2D eigenvalue weighted by Gasteiger charge is 2.21. The van der Waals surface area contributed by atoms with Crippen molar-refractivity contribution in [1.29, 1.82) is 0 Å². The van der Waals surface area contributed by atoms with Gasteiger partial charge in [0.2, 0.25) is 5.65 Å². The molecule has 0 fully saturated rings. The SMILES string of the molecule is CCOC(=O)c1cnn2c1n[n+]([O-])c1ccc(SC)cc12. The molecule has 0 saturated heterocycles. The third-order valence-corrected chi connectivity index (χ3v) is 3.77. The molecule has 3 rings (SSSR count). The number of fused-ring (bicyclic) bond motifs is 3. The van der Waals surface area contributed by atoms with Crippen molar-refractivity contribution in [2.45, 2.75) is 11.8 Å². The number of benzene rings is 1. The quantitative estimate of drug-likeness (QED) is 0.315. The lowest BCUT2D eigenvalue weighted by molar-refractivity contribution is -0.640. The molecule has 3 aromatic rings. The van der Waals surface area contributed by atoms with Crippen LogP contribution in [0.4, 0.5) is 0 Å². The maximum atomic E-state index is 12.0. The largest absolute Gasteiger partial charge is 0.594 e. The van der Waals surface area contributed by atoms with E-state index in [9.17, 15) is 10.0 Å². The van der Waals surface area contributed by atoms with E-state index < -0.39 is 5.97 Å². The summed E-state index contributed by atoms with van der Waals surface area (Å²) in [6.45, 7) is 1.96. The minimum atomic E-state index is -0.541. The maximum absolute atomic E-state index is 12.0. The normalized spacial score (nSPS) is 11.1. The van der Waals surface area contributed by atoms with Gasteiger partial charge in [-0.3, -0.25) is 0 Å². The summed E-state index contributed by atoms with van der Waals surface area (Å²) in [6.07, 6.45) is 3.31. The minimum absolute atomic E-state index is 0.179. The zero-order valence-electron chi connectivity index (χ0n) is 11.4. The molecule has 0 amide bonds. The Morgan fingerprint density at radius 2 is 2.33 bits per heavy atom. The average molecular weight is 304 g/mol. The average Bonchev–Trinajstić information content (AvgIpc) is 2.91. The molecule has 0 aliphatic heterocycles.